The number of hydrogen-bond donors (Lipinski definition) is 0. The van der Waals surface area contributed by atoms with Crippen molar-refractivity contribution in [2.24, 2.45) is 5.92 Å². The highest BCUT2D eigenvalue weighted by atomic mass is 32.2. The van der Waals surface area contributed by atoms with E-state index < -0.39 is 11.7 Å². The maximum atomic E-state index is 12.9. The number of ether oxygens (including phenoxy) is 1. The minimum absolute atomic E-state index is 0.0219. The number of Topliss-reactive ketones (excluding diaryl/α,β-unsaturated/α-hetero) is 1. The Morgan fingerprint density at radius 2 is 1.96 bits per heavy atom. The van der Waals surface area contributed by atoms with Crippen LogP contribution in [-0.2, 0) is 6.18 Å². The molecule has 0 aromatic carbocycles. The van der Waals surface area contributed by atoms with E-state index in [1.54, 1.807) is 0 Å². The Kier molecular flexibility index (Phi) is 4.58. The van der Waals surface area contributed by atoms with Crippen LogP contribution >= 0.6 is 11.8 Å². The second-order valence-electron chi connectivity index (χ2n) is 6.12. The molecular weight excluding hydrogens is 327 g/mol. The number of alkyl halides is 3. The van der Waals surface area contributed by atoms with E-state index >= 15 is 0 Å². The third kappa shape index (κ3) is 3.49. The predicted octanol–water partition coefficient (Wildman–Crippen LogP) is 4.36. The molecule has 3 rings (SSSR count). The highest BCUT2D eigenvalue weighted by Gasteiger charge is 2.38. The van der Waals surface area contributed by atoms with Gasteiger partial charge < -0.3 is 4.74 Å². The molecule has 2 fully saturated rings. The molecule has 2 aliphatic rings. The van der Waals surface area contributed by atoms with Crippen molar-refractivity contribution in [2.45, 2.75) is 48.8 Å². The molecule has 2 aliphatic heterocycles. The first-order valence-electron chi connectivity index (χ1n) is 7.69. The number of carbonyl (C=O) groups excluding carboxylic acids is 1. The number of halogens is 3. The number of hydrogen-bond acceptors (Lipinski definition) is 4. The van der Waals surface area contributed by atoms with Crippen molar-refractivity contribution in [3.8, 4) is 5.88 Å². The smallest absolute Gasteiger partial charge is 0.417 e. The minimum Gasteiger partial charge on any atom is -0.480 e. The number of fused-ring (bicyclic) bond motifs is 2. The molecule has 0 amide bonds. The van der Waals surface area contributed by atoms with Crippen molar-refractivity contribution in [1.29, 1.82) is 0 Å². The summed E-state index contributed by atoms with van der Waals surface area (Å²) in [6.07, 6.45) is 1.01. The minimum atomic E-state index is -4.52. The number of methoxy groups -OCH3 is 1. The van der Waals surface area contributed by atoms with Crippen molar-refractivity contribution in [3.05, 3.63) is 23.4 Å². The van der Waals surface area contributed by atoms with Crippen LogP contribution in [0.15, 0.2) is 12.3 Å². The number of aromatic nitrogens is 1. The fraction of sp³-hybridized carbons (Fsp3) is 0.625. The Hall–Kier alpha value is -1.24. The molecule has 3 heterocycles. The summed E-state index contributed by atoms with van der Waals surface area (Å²) in [6.45, 7) is 0. The fourth-order valence-corrected chi connectivity index (χ4v) is 5.28. The molecule has 0 radical (unpaired) electrons. The zero-order chi connectivity index (χ0) is 16.6. The molecule has 2 bridgehead atoms. The lowest BCUT2D eigenvalue weighted by Gasteiger charge is -2.38. The van der Waals surface area contributed by atoms with E-state index in [0.717, 1.165) is 31.7 Å². The van der Waals surface area contributed by atoms with E-state index in [-0.39, 0.29) is 23.1 Å². The van der Waals surface area contributed by atoms with E-state index in [1.807, 2.05) is 11.8 Å². The van der Waals surface area contributed by atoms with Gasteiger partial charge in [-0.2, -0.15) is 24.9 Å². The normalized spacial score (nSPS) is 27.6. The van der Waals surface area contributed by atoms with Gasteiger partial charge in [0.25, 0.3) is 0 Å². The molecule has 0 aliphatic carbocycles. The first-order chi connectivity index (χ1) is 10.9. The number of pyridine rings is 1. The van der Waals surface area contributed by atoms with E-state index in [2.05, 4.69) is 4.98 Å². The Labute approximate surface area is 137 Å². The van der Waals surface area contributed by atoms with Gasteiger partial charge in [0.2, 0.25) is 5.88 Å². The molecule has 1 aromatic rings. The van der Waals surface area contributed by atoms with Gasteiger partial charge in [-0.1, -0.05) is 6.42 Å². The molecule has 0 saturated carbocycles. The monoisotopic (exact) mass is 345 g/mol. The van der Waals surface area contributed by atoms with Crippen LogP contribution in [0, 0.1) is 5.92 Å². The van der Waals surface area contributed by atoms with Crippen molar-refractivity contribution in [1.82, 2.24) is 4.98 Å². The summed E-state index contributed by atoms with van der Waals surface area (Å²) in [5, 5.41) is 0.891. The molecule has 2 atom stereocenters. The van der Waals surface area contributed by atoms with Gasteiger partial charge in [0, 0.05) is 22.6 Å². The standard InChI is InChI=1S/C16H18F3NO2S/c1-22-15-13(7-10(8-20-15)16(17,18)19)14(21)9-5-11-3-2-4-12(6-9)23-11/h7-9,11-12H,2-6H2,1H3. The van der Waals surface area contributed by atoms with Crippen LogP contribution in [-0.4, -0.2) is 28.4 Å². The molecule has 23 heavy (non-hydrogen) atoms. The molecule has 2 unspecified atom stereocenters. The van der Waals surface area contributed by atoms with Crippen LogP contribution in [0.5, 0.6) is 5.88 Å². The SMILES string of the molecule is COc1ncc(C(F)(F)F)cc1C(=O)C1CC2CCCC(C1)S2. The Balaban J connectivity index is 1.88. The third-order valence-corrected chi connectivity index (χ3v) is 6.17. The van der Waals surface area contributed by atoms with Gasteiger partial charge in [-0.05, 0) is 31.7 Å². The number of thioether (sulfide) groups is 1. The molecule has 3 nitrogen and oxygen atoms in total. The second-order valence-corrected chi connectivity index (χ2v) is 7.73. The zero-order valence-corrected chi connectivity index (χ0v) is 13.5. The summed E-state index contributed by atoms with van der Waals surface area (Å²) >= 11 is 1.93. The molecule has 0 spiro atoms. The van der Waals surface area contributed by atoms with Crippen LogP contribution in [0.1, 0.15) is 48.0 Å². The quantitative estimate of drug-likeness (QED) is 0.763. The van der Waals surface area contributed by atoms with Gasteiger partial charge in [-0.3, -0.25) is 4.79 Å². The highest BCUT2D eigenvalue weighted by molar-refractivity contribution is 8.00. The third-order valence-electron chi connectivity index (χ3n) is 4.54. The van der Waals surface area contributed by atoms with Crippen LogP contribution in [0.4, 0.5) is 13.2 Å². The maximum absolute atomic E-state index is 12.9. The predicted molar refractivity (Wildman–Crippen MR) is 81.9 cm³/mol. The molecular formula is C16H18F3NO2S. The van der Waals surface area contributed by atoms with Crippen LogP contribution in [0.25, 0.3) is 0 Å². The topological polar surface area (TPSA) is 39.2 Å². The summed E-state index contributed by atoms with van der Waals surface area (Å²) in [5.74, 6) is -0.519. The number of carbonyl (C=O) groups is 1. The summed E-state index contributed by atoms with van der Waals surface area (Å²) in [6, 6.07) is 0.881. The van der Waals surface area contributed by atoms with Gasteiger partial charge in [0.1, 0.15) is 0 Å². The first-order valence-corrected chi connectivity index (χ1v) is 8.63. The lowest BCUT2D eigenvalue weighted by atomic mass is 9.84. The molecule has 2 saturated heterocycles. The maximum Gasteiger partial charge on any atom is 0.417 e. The van der Waals surface area contributed by atoms with Crippen molar-refractivity contribution in [2.75, 3.05) is 7.11 Å². The van der Waals surface area contributed by atoms with E-state index in [0.29, 0.717) is 16.7 Å². The van der Waals surface area contributed by atoms with Crippen molar-refractivity contribution >= 4 is 17.5 Å². The van der Waals surface area contributed by atoms with Crippen LogP contribution < -0.4 is 4.74 Å². The summed E-state index contributed by atoms with van der Waals surface area (Å²) in [7, 11) is 1.32. The lowest BCUT2D eigenvalue weighted by Crippen LogP contribution is -2.33. The number of rotatable bonds is 3. The Morgan fingerprint density at radius 1 is 1.30 bits per heavy atom. The van der Waals surface area contributed by atoms with Crippen molar-refractivity contribution < 1.29 is 22.7 Å². The summed E-state index contributed by atoms with van der Waals surface area (Å²) in [4.78, 5) is 16.5. The van der Waals surface area contributed by atoms with Gasteiger partial charge >= 0.3 is 6.18 Å². The number of nitrogens with zero attached hydrogens (tertiary/aromatic N) is 1. The number of ketones is 1. The van der Waals surface area contributed by atoms with Crippen LogP contribution in [0.2, 0.25) is 0 Å². The van der Waals surface area contributed by atoms with Gasteiger partial charge in [0.15, 0.2) is 5.78 Å². The van der Waals surface area contributed by atoms with Crippen LogP contribution in [0.3, 0.4) is 0 Å². The van der Waals surface area contributed by atoms with Crippen molar-refractivity contribution in [3.63, 3.8) is 0 Å². The fourth-order valence-electron chi connectivity index (χ4n) is 3.44. The zero-order valence-electron chi connectivity index (χ0n) is 12.7. The molecule has 0 N–H and O–H groups in total. The van der Waals surface area contributed by atoms with Gasteiger partial charge in [0.05, 0.1) is 18.2 Å². The second kappa shape index (κ2) is 6.34. The Bertz CT molecular complexity index is 593. The largest absolute Gasteiger partial charge is 0.480 e. The lowest BCUT2D eigenvalue weighted by molar-refractivity contribution is -0.137. The molecule has 1 aromatic heterocycles. The summed E-state index contributed by atoms with van der Waals surface area (Å²) < 4.78 is 43.7. The molecule has 126 valence electrons. The Morgan fingerprint density at radius 3 is 2.52 bits per heavy atom. The van der Waals surface area contributed by atoms with E-state index in [9.17, 15) is 18.0 Å². The van der Waals surface area contributed by atoms with E-state index in [4.69, 9.17) is 4.74 Å². The van der Waals surface area contributed by atoms with Gasteiger partial charge in [-0.15, -0.1) is 0 Å². The average molecular weight is 345 g/mol. The van der Waals surface area contributed by atoms with E-state index in [1.165, 1.54) is 13.5 Å². The average Bonchev–Trinajstić information content (AvgIpc) is 2.52. The van der Waals surface area contributed by atoms with Gasteiger partial charge in [-0.25, -0.2) is 4.98 Å². The summed E-state index contributed by atoms with van der Waals surface area (Å²) in [5.41, 5.74) is -0.954. The first kappa shape index (κ1) is 16.6. The highest BCUT2D eigenvalue weighted by Crippen LogP contribution is 2.45. The molecule has 7 heteroatoms.